The molecule has 1 atom stereocenters. The Bertz CT molecular complexity index is 426. The first-order valence-electron chi connectivity index (χ1n) is 5.98. The Morgan fingerprint density at radius 1 is 1.24 bits per heavy atom. The summed E-state index contributed by atoms with van der Waals surface area (Å²) in [4.78, 5) is 0. The Morgan fingerprint density at radius 2 is 2.06 bits per heavy atom. The monoisotopic (exact) mass is 238 g/mol. The Morgan fingerprint density at radius 3 is 2.76 bits per heavy atom. The maximum absolute atomic E-state index is 13.4. The summed E-state index contributed by atoms with van der Waals surface area (Å²) >= 11 is 0. The standard InChI is InChI=1S/C14H16F2O/c15-11-6-7-13(16)12(9-11)14(17)8-10-4-2-1-3-5-10/h4,6-7,9,14,17H,1-3,5,8H2. The van der Waals surface area contributed by atoms with Crippen molar-refractivity contribution in [3.63, 3.8) is 0 Å². The molecule has 0 radical (unpaired) electrons. The molecule has 0 aliphatic heterocycles. The van der Waals surface area contributed by atoms with E-state index in [0.29, 0.717) is 6.42 Å². The summed E-state index contributed by atoms with van der Waals surface area (Å²) in [7, 11) is 0. The van der Waals surface area contributed by atoms with Gasteiger partial charge in [0.1, 0.15) is 11.6 Å². The van der Waals surface area contributed by atoms with E-state index in [4.69, 9.17) is 0 Å². The van der Waals surface area contributed by atoms with E-state index in [-0.39, 0.29) is 5.56 Å². The molecule has 0 spiro atoms. The molecule has 0 fully saturated rings. The van der Waals surface area contributed by atoms with Gasteiger partial charge >= 0.3 is 0 Å². The zero-order valence-electron chi connectivity index (χ0n) is 9.63. The van der Waals surface area contributed by atoms with Crippen LogP contribution < -0.4 is 0 Å². The quantitative estimate of drug-likeness (QED) is 0.792. The van der Waals surface area contributed by atoms with Gasteiger partial charge in [0.25, 0.3) is 0 Å². The SMILES string of the molecule is OC(CC1=CCCCC1)c1cc(F)ccc1F. The lowest BCUT2D eigenvalue weighted by Gasteiger charge is -2.17. The molecule has 1 nitrogen and oxygen atoms in total. The van der Waals surface area contributed by atoms with E-state index in [2.05, 4.69) is 6.08 Å². The Labute approximate surface area is 99.8 Å². The lowest BCUT2D eigenvalue weighted by Crippen LogP contribution is -2.04. The molecule has 1 N–H and O–H groups in total. The molecule has 1 aromatic carbocycles. The number of halogens is 2. The topological polar surface area (TPSA) is 20.2 Å². The molecule has 1 unspecified atom stereocenters. The second-order valence-corrected chi connectivity index (χ2v) is 4.49. The van der Waals surface area contributed by atoms with Crippen LogP contribution in [0.2, 0.25) is 0 Å². The fraction of sp³-hybridized carbons (Fsp3) is 0.429. The van der Waals surface area contributed by atoms with Crippen LogP contribution in [0.4, 0.5) is 8.78 Å². The summed E-state index contributed by atoms with van der Waals surface area (Å²) in [5.74, 6) is -1.06. The maximum atomic E-state index is 13.4. The van der Waals surface area contributed by atoms with Gasteiger partial charge in [-0.05, 0) is 50.3 Å². The maximum Gasteiger partial charge on any atom is 0.129 e. The molecule has 1 aromatic rings. The predicted octanol–water partition coefficient (Wildman–Crippen LogP) is 3.89. The van der Waals surface area contributed by atoms with Crippen molar-refractivity contribution in [2.24, 2.45) is 0 Å². The summed E-state index contributed by atoms with van der Waals surface area (Å²) in [6.45, 7) is 0. The van der Waals surface area contributed by atoms with Gasteiger partial charge < -0.3 is 5.11 Å². The lowest BCUT2D eigenvalue weighted by atomic mass is 9.93. The number of hydrogen-bond donors (Lipinski definition) is 1. The Balaban J connectivity index is 2.10. The van der Waals surface area contributed by atoms with Gasteiger partial charge in [-0.25, -0.2) is 8.78 Å². The second-order valence-electron chi connectivity index (χ2n) is 4.49. The fourth-order valence-electron chi connectivity index (χ4n) is 2.22. The minimum Gasteiger partial charge on any atom is -0.388 e. The minimum atomic E-state index is -0.949. The molecule has 0 saturated carbocycles. The van der Waals surface area contributed by atoms with Gasteiger partial charge in [0.05, 0.1) is 6.10 Å². The molecule has 0 aromatic heterocycles. The zero-order chi connectivity index (χ0) is 12.3. The highest BCUT2D eigenvalue weighted by atomic mass is 19.1. The molecular formula is C14H16F2O. The molecule has 17 heavy (non-hydrogen) atoms. The van der Waals surface area contributed by atoms with Crippen molar-refractivity contribution in [2.75, 3.05) is 0 Å². The van der Waals surface area contributed by atoms with E-state index < -0.39 is 17.7 Å². The third kappa shape index (κ3) is 3.13. The molecule has 0 bridgehead atoms. The normalized spacial score (nSPS) is 17.7. The van der Waals surface area contributed by atoms with E-state index >= 15 is 0 Å². The highest BCUT2D eigenvalue weighted by Gasteiger charge is 2.16. The van der Waals surface area contributed by atoms with Crippen LogP contribution in [0.1, 0.15) is 43.8 Å². The van der Waals surface area contributed by atoms with Gasteiger partial charge in [-0.1, -0.05) is 11.6 Å². The van der Waals surface area contributed by atoms with E-state index in [1.54, 1.807) is 0 Å². The van der Waals surface area contributed by atoms with Crippen LogP contribution in [-0.2, 0) is 0 Å². The van der Waals surface area contributed by atoms with E-state index in [9.17, 15) is 13.9 Å². The molecular weight excluding hydrogens is 222 g/mol. The van der Waals surface area contributed by atoms with Crippen molar-refractivity contribution in [1.82, 2.24) is 0 Å². The van der Waals surface area contributed by atoms with Crippen LogP contribution in [0.15, 0.2) is 29.8 Å². The van der Waals surface area contributed by atoms with Crippen LogP contribution in [0.5, 0.6) is 0 Å². The third-order valence-corrected chi connectivity index (χ3v) is 3.16. The number of rotatable bonds is 3. The molecule has 2 rings (SSSR count). The first-order valence-corrected chi connectivity index (χ1v) is 5.98. The largest absolute Gasteiger partial charge is 0.388 e. The zero-order valence-corrected chi connectivity index (χ0v) is 9.63. The van der Waals surface area contributed by atoms with Crippen molar-refractivity contribution in [2.45, 2.75) is 38.2 Å². The average Bonchev–Trinajstić information content (AvgIpc) is 2.33. The molecule has 3 heteroatoms. The van der Waals surface area contributed by atoms with Crippen LogP contribution in [0.3, 0.4) is 0 Å². The van der Waals surface area contributed by atoms with Gasteiger partial charge in [0.2, 0.25) is 0 Å². The molecule has 92 valence electrons. The van der Waals surface area contributed by atoms with Crippen molar-refractivity contribution >= 4 is 0 Å². The van der Waals surface area contributed by atoms with Crippen molar-refractivity contribution in [1.29, 1.82) is 0 Å². The van der Waals surface area contributed by atoms with Gasteiger partial charge in [-0.3, -0.25) is 0 Å². The second kappa shape index (κ2) is 5.41. The van der Waals surface area contributed by atoms with Crippen molar-refractivity contribution in [3.05, 3.63) is 47.0 Å². The molecule has 1 aliphatic rings. The highest BCUT2D eigenvalue weighted by Crippen LogP contribution is 2.29. The van der Waals surface area contributed by atoms with E-state index in [1.807, 2.05) is 0 Å². The molecule has 0 amide bonds. The van der Waals surface area contributed by atoms with E-state index in [1.165, 1.54) is 6.42 Å². The number of aliphatic hydroxyl groups is 1. The summed E-state index contributed by atoms with van der Waals surface area (Å²) in [5.41, 5.74) is 1.20. The summed E-state index contributed by atoms with van der Waals surface area (Å²) in [6, 6.07) is 3.19. The van der Waals surface area contributed by atoms with Gasteiger partial charge in [0.15, 0.2) is 0 Å². The molecule has 0 heterocycles. The van der Waals surface area contributed by atoms with Crippen LogP contribution >= 0.6 is 0 Å². The first kappa shape index (κ1) is 12.2. The highest BCUT2D eigenvalue weighted by molar-refractivity contribution is 5.23. The smallest absolute Gasteiger partial charge is 0.129 e. The summed E-state index contributed by atoms with van der Waals surface area (Å²) in [6.07, 6.45) is 5.82. The third-order valence-electron chi connectivity index (χ3n) is 3.16. The summed E-state index contributed by atoms with van der Waals surface area (Å²) < 4.78 is 26.4. The molecule has 0 saturated heterocycles. The van der Waals surface area contributed by atoms with Gasteiger partial charge in [-0.15, -0.1) is 0 Å². The predicted molar refractivity (Wildman–Crippen MR) is 62.5 cm³/mol. The molecule has 1 aliphatic carbocycles. The van der Waals surface area contributed by atoms with E-state index in [0.717, 1.165) is 43.0 Å². The van der Waals surface area contributed by atoms with Crippen LogP contribution in [0, 0.1) is 11.6 Å². The number of hydrogen-bond acceptors (Lipinski definition) is 1. The number of allylic oxidation sites excluding steroid dienone is 1. The lowest BCUT2D eigenvalue weighted by molar-refractivity contribution is 0.171. The van der Waals surface area contributed by atoms with Crippen molar-refractivity contribution < 1.29 is 13.9 Å². The summed E-state index contributed by atoms with van der Waals surface area (Å²) in [5, 5.41) is 9.93. The van der Waals surface area contributed by atoms with Crippen molar-refractivity contribution in [3.8, 4) is 0 Å². The fourth-order valence-corrected chi connectivity index (χ4v) is 2.22. The Kier molecular flexibility index (Phi) is 3.89. The average molecular weight is 238 g/mol. The number of benzene rings is 1. The minimum absolute atomic E-state index is 0.0523. The number of aliphatic hydroxyl groups excluding tert-OH is 1. The van der Waals surface area contributed by atoms with Gasteiger partial charge in [-0.2, -0.15) is 0 Å². The first-order chi connectivity index (χ1) is 8.16. The Hall–Kier alpha value is -1.22. The van der Waals surface area contributed by atoms with Crippen LogP contribution in [-0.4, -0.2) is 5.11 Å². The van der Waals surface area contributed by atoms with Crippen LogP contribution in [0.25, 0.3) is 0 Å². The van der Waals surface area contributed by atoms with Gasteiger partial charge in [0, 0.05) is 5.56 Å².